The predicted octanol–water partition coefficient (Wildman–Crippen LogP) is -0.526. The second-order valence-electron chi connectivity index (χ2n) is 2.77. The van der Waals surface area contributed by atoms with Crippen LogP contribution in [0.2, 0.25) is 0 Å². The summed E-state index contributed by atoms with van der Waals surface area (Å²) in [4.78, 5) is 14.4. The molecule has 1 aromatic heterocycles. The van der Waals surface area contributed by atoms with E-state index in [0.29, 0.717) is 5.69 Å². The summed E-state index contributed by atoms with van der Waals surface area (Å²) < 4.78 is 1.45. The van der Waals surface area contributed by atoms with E-state index in [1.807, 2.05) is 0 Å². The van der Waals surface area contributed by atoms with Crippen LogP contribution in [0.4, 0.5) is 5.69 Å². The lowest BCUT2D eigenvalue weighted by Gasteiger charge is -2.01. The van der Waals surface area contributed by atoms with Gasteiger partial charge in [0.15, 0.2) is 6.20 Å². The zero-order valence-electron chi connectivity index (χ0n) is 8.02. The molecule has 0 aliphatic carbocycles. The van der Waals surface area contributed by atoms with E-state index < -0.39 is 0 Å². The fourth-order valence-corrected chi connectivity index (χ4v) is 0.962. The highest BCUT2D eigenvalue weighted by Gasteiger charge is 2.02. The summed E-state index contributed by atoms with van der Waals surface area (Å²) in [5.41, 5.74) is 3.03. The van der Waals surface area contributed by atoms with Gasteiger partial charge in [-0.3, -0.25) is 9.79 Å². The van der Waals surface area contributed by atoms with E-state index in [-0.39, 0.29) is 11.8 Å². The fraction of sp³-hybridized carbons (Fsp3) is 0.222. The number of aliphatic imine (C=N–C) groups is 1. The molecule has 1 heterocycles. The third-order valence-corrected chi connectivity index (χ3v) is 1.36. The van der Waals surface area contributed by atoms with Crippen LogP contribution in [0.5, 0.6) is 0 Å². The Bertz CT molecular complexity index is 370. The van der Waals surface area contributed by atoms with Crippen molar-refractivity contribution in [2.75, 3.05) is 5.43 Å². The van der Waals surface area contributed by atoms with Gasteiger partial charge < -0.3 is 5.11 Å². The summed E-state index contributed by atoms with van der Waals surface area (Å²) in [6.07, 6.45) is 3.21. The molecule has 0 spiro atoms. The first-order chi connectivity index (χ1) is 6.58. The third-order valence-electron chi connectivity index (χ3n) is 1.36. The number of hydrogen-bond donors (Lipinski definition) is 1. The highest BCUT2D eigenvalue weighted by atomic mass is 16.3. The molecule has 0 aliphatic rings. The minimum atomic E-state index is -0.273. The molecule has 0 saturated carbocycles. The molecule has 5 heteroatoms. The average Bonchev–Trinajstić information content (AvgIpc) is 2.01. The molecule has 0 bridgehead atoms. The number of carbonyl (C=O) groups is 1. The van der Waals surface area contributed by atoms with Crippen LogP contribution < -0.4 is 15.2 Å². The van der Waals surface area contributed by atoms with Gasteiger partial charge in [0.1, 0.15) is 5.69 Å². The van der Waals surface area contributed by atoms with E-state index in [1.165, 1.54) is 18.5 Å². The van der Waals surface area contributed by atoms with Gasteiger partial charge in [-0.2, -0.15) is 0 Å². The van der Waals surface area contributed by atoms with E-state index in [4.69, 9.17) is 0 Å². The molecule has 0 aromatic carbocycles. The van der Waals surface area contributed by atoms with Crippen molar-refractivity contribution in [3.8, 4) is 0 Å². The Labute approximate surface area is 81.7 Å². The number of hydrogen-bond acceptors (Lipinski definition) is 3. The summed E-state index contributed by atoms with van der Waals surface area (Å²) in [7, 11) is 0. The smallest absolute Gasteiger partial charge is 0.271 e. The van der Waals surface area contributed by atoms with Crippen molar-refractivity contribution in [1.29, 1.82) is 0 Å². The van der Waals surface area contributed by atoms with Crippen molar-refractivity contribution in [3.63, 3.8) is 0 Å². The number of pyridine rings is 1. The van der Waals surface area contributed by atoms with Gasteiger partial charge in [-0.1, -0.05) is 4.68 Å². The molecule has 14 heavy (non-hydrogen) atoms. The highest BCUT2D eigenvalue weighted by molar-refractivity contribution is 5.79. The Balaban J connectivity index is 2.89. The van der Waals surface area contributed by atoms with Crippen LogP contribution in [0, 0.1) is 0 Å². The summed E-state index contributed by atoms with van der Waals surface area (Å²) in [6, 6.07) is 3.37. The first-order valence-electron chi connectivity index (χ1n) is 4.09. The van der Waals surface area contributed by atoms with Crippen LogP contribution in [0.15, 0.2) is 29.5 Å². The van der Waals surface area contributed by atoms with E-state index in [0.717, 1.165) is 0 Å². The molecule has 0 unspecified atom stereocenters. The first-order valence-corrected chi connectivity index (χ1v) is 4.09. The van der Waals surface area contributed by atoms with Crippen molar-refractivity contribution in [1.82, 2.24) is 0 Å². The van der Waals surface area contributed by atoms with Crippen molar-refractivity contribution in [2.24, 2.45) is 4.99 Å². The van der Waals surface area contributed by atoms with Gasteiger partial charge in [0.25, 0.3) is 5.91 Å². The van der Waals surface area contributed by atoms with Gasteiger partial charge >= 0.3 is 0 Å². The lowest BCUT2D eigenvalue weighted by molar-refractivity contribution is -0.641. The maximum absolute atomic E-state index is 10.7. The Morgan fingerprint density at radius 1 is 1.57 bits per heavy atom. The lowest BCUT2D eigenvalue weighted by atomic mass is 10.4. The quantitative estimate of drug-likeness (QED) is 0.390. The van der Waals surface area contributed by atoms with Crippen LogP contribution in [0.1, 0.15) is 13.8 Å². The van der Waals surface area contributed by atoms with Gasteiger partial charge in [0.2, 0.25) is 6.20 Å². The van der Waals surface area contributed by atoms with Crippen LogP contribution in [0.25, 0.3) is 0 Å². The molecule has 1 rings (SSSR count). The van der Waals surface area contributed by atoms with Crippen molar-refractivity contribution in [3.05, 3.63) is 24.5 Å². The molecule has 5 nitrogen and oxygen atoms in total. The second-order valence-corrected chi connectivity index (χ2v) is 2.77. The SMILES string of the molecule is CC(=O)N[n+]1cccc(N=C(C)[O-])c1. The zero-order valence-corrected chi connectivity index (χ0v) is 8.02. The van der Waals surface area contributed by atoms with Crippen molar-refractivity contribution >= 4 is 17.5 Å². The minimum Gasteiger partial charge on any atom is -0.862 e. The first kappa shape index (κ1) is 10.2. The van der Waals surface area contributed by atoms with E-state index >= 15 is 0 Å². The number of nitrogens with one attached hydrogen (secondary N) is 1. The van der Waals surface area contributed by atoms with Crippen LogP contribution in [-0.4, -0.2) is 11.8 Å². The Morgan fingerprint density at radius 3 is 2.86 bits per heavy atom. The largest absolute Gasteiger partial charge is 0.862 e. The summed E-state index contributed by atoms with van der Waals surface area (Å²) in [5, 5.41) is 10.7. The number of nitrogens with zero attached hydrogens (tertiary/aromatic N) is 2. The molecular formula is C9H11N3O2. The molecule has 0 atom stereocenters. The predicted molar refractivity (Wildman–Crippen MR) is 49.4 cm³/mol. The normalized spacial score (nSPS) is 11.1. The molecule has 1 amide bonds. The lowest BCUT2D eigenvalue weighted by Crippen LogP contribution is -2.46. The number of aromatic nitrogens is 1. The number of carbonyl (C=O) groups excluding carboxylic acids is 1. The summed E-state index contributed by atoms with van der Waals surface area (Å²) >= 11 is 0. The van der Waals surface area contributed by atoms with Gasteiger partial charge in [0.05, 0.1) is 0 Å². The maximum atomic E-state index is 10.7. The number of rotatable bonds is 2. The van der Waals surface area contributed by atoms with Gasteiger partial charge in [0, 0.05) is 13.0 Å². The fourth-order valence-electron chi connectivity index (χ4n) is 0.962. The highest BCUT2D eigenvalue weighted by Crippen LogP contribution is 2.05. The van der Waals surface area contributed by atoms with E-state index in [2.05, 4.69) is 10.4 Å². The van der Waals surface area contributed by atoms with Gasteiger partial charge in [-0.05, 0) is 18.9 Å². The molecule has 0 aliphatic heterocycles. The van der Waals surface area contributed by atoms with Crippen LogP contribution in [0.3, 0.4) is 0 Å². The standard InChI is InChI=1S/C9H11N3O2/c1-7(13)10-9-4-3-5-12(6-9)11-8(2)14/h3-6H,1-2H3,(H-,10,11,13,14). The number of amides is 1. The average molecular weight is 193 g/mol. The van der Waals surface area contributed by atoms with E-state index in [1.54, 1.807) is 24.5 Å². The maximum Gasteiger partial charge on any atom is 0.271 e. The molecule has 74 valence electrons. The summed E-state index contributed by atoms with van der Waals surface area (Å²) in [5.74, 6) is -0.458. The van der Waals surface area contributed by atoms with Crippen molar-refractivity contribution in [2.45, 2.75) is 13.8 Å². The molecule has 0 saturated heterocycles. The molecular weight excluding hydrogens is 182 g/mol. The van der Waals surface area contributed by atoms with Gasteiger partial charge in [-0.25, -0.2) is 0 Å². The van der Waals surface area contributed by atoms with Crippen molar-refractivity contribution < 1.29 is 14.6 Å². The molecule has 1 aromatic rings. The monoisotopic (exact) mass is 193 g/mol. The molecule has 0 fully saturated rings. The Hall–Kier alpha value is -1.91. The Morgan fingerprint density at radius 2 is 2.29 bits per heavy atom. The minimum absolute atomic E-state index is 0.185. The molecule has 0 radical (unpaired) electrons. The summed E-state index contributed by atoms with van der Waals surface area (Å²) in [6.45, 7) is 2.78. The van der Waals surface area contributed by atoms with Gasteiger partial charge in [-0.15, -0.1) is 5.43 Å². The van der Waals surface area contributed by atoms with Crippen LogP contribution >= 0.6 is 0 Å². The zero-order chi connectivity index (χ0) is 10.6. The van der Waals surface area contributed by atoms with E-state index in [9.17, 15) is 9.90 Å². The topological polar surface area (TPSA) is 68.4 Å². The second kappa shape index (κ2) is 4.36. The third kappa shape index (κ3) is 3.22. The van der Waals surface area contributed by atoms with Crippen LogP contribution in [-0.2, 0) is 4.79 Å². The molecule has 1 N–H and O–H groups in total. The Kier molecular flexibility index (Phi) is 3.17.